The van der Waals surface area contributed by atoms with E-state index in [0.717, 1.165) is 22.9 Å². The molecule has 106 valence electrons. The summed E-state index contributed by atoms with van der Waals surface area (Å²) in [7, 11) is 3.29. The van der Waals surface area contributed by atoms with Crippen molar-refractivity contribution in [2.24, 2.45) is 0 Å². The van der Waals surface area contributed by atoms with E-state index >= 15 is 0 Å². The quantitative estimate of drug-likeness (QED) is 0.786. The van der Waals surface area contributed by atoms with E-state index in [9.17, 15) is 0 Å². The molecule has 2 rings (SSSR count). The first kappa shape index (κ1) is 14.1. The zero-order valence-electron chi connectivity index (χ0n) is 11.8. The minimum atomic E-state index is 0.540. The maximum atomic E-state index is 5.69. The van der Waals surface area contributed by atoms with Gasteiger partial charge >= 0.3 is 0 Å². The molecule has 0 amide bonds. The van der Waals surface area contributed by atoms with Crippen molar-refractivity contribution in [1.29, 1.82) is 0 Å². The average Bonchev–Trinajstić information content (AvgIpc) is 2.52. The number of nitrogens with one attached hydrogen (secondary N) is 1. The fourth-order valence-electron chi connectivity index (χ4n) is 1.88. The Labute approximate surface area is 119 Å². The first-order valence-corrected chi connectivity index (χ1v) is 6.48. The summed E-state index contributed by atoms with van der Waals surface area (Å²) in [6, 6.07) is 15.4. The predicted molar refractivity (Wildman–Crippen MR) is 80.0 cm³/mol. The Balaban J connectivity index is 1.84. The van der Waals surface area contributed by atoms with Crippen molar-refractivity contribution >= 4 is 5.69 Å². The van der Waals surface area contributed by atoms with Crippen molar-refractivity contribution in [1.82, 2.24) is 0 Å². The molecule has 2 aromatic rings. The van der Waals surface area contributed by atoms with Gasteiger partial charge in [0.25, 0.3) is 0 Å². The molecule has 0 spiro atoms. The largest absolute Gasteiger partial charge is 0.495 e. The van der Waals surface area contributed by atoms with Gasteiger partial charge in [-0.15, -0.1) is 0 Å². The third-order valence-electron chi connectivity index (χ3n) is 2.85. The number of para-hydroxylation sites is 4. The van der Waals surface area contributed by atoms with E-state index in [1.54, 1.807) is 14.2 Å². The Morgan fingerprint density at radius 3 is 2.10 bits per heavy atom. The summed E-state index contributed by atoms with van der Waals surface area (Å²) in [6.45, 7) is 1.22. The minimum Gasteiger partial charge on any atom is -0.495 e. The van der Waals surface area contributed by atoms with Gasteiger partial charge in [0.05, 0.1) is 19.9 Å². The Kier molecular flexibility index (Phi) is 5.12. The molecule has 4 nitrogen and oxygen atoms in total. The van der Waals surface area contributed by atoms with Crippen LogP contribution in [0.25, 0.3) is 0 Å². The van der Waals surface area contributed by atoms with Gasteiger partial charge < -0.3 is 19.5 Å². The van der Waals surface area contributed by atoms with Gasteiger partial charge in [-0.3, -0.25) is 0 Å². The van der Waals surface area contributed by atoms with E-state index in [2.05, 4.69) is 5.32 Å². The molecule has 0 aliphatic rings. The van der Waals surface area contributed by atoms with Crippen LogP contribution in [0.4, 0.5) is 5.69 Å². The molecule has 0 unspecified atom stereocenters. The summed E-state index contributed by atoms with van der Waals surface area (Å²) in [4.78, 5) is 0. The molecule has 0 aromatic heterocycles. The number of rotatable bonds is 7. The molecule has 4 heteroatoms. The van der Waals surface area contributed by atoms with Crippen molar-refractivity contribution in [2.75, 3.05) is 32.7 Å². The molecule has 0 saturated carbocycles. The molecule has 0 aliphatic heterocycles. The molecular formula is C16H19NO3. The summed E-state index contributed by atoms with van der Waals surface area (Å²) >= 11 is 0. The Hall–Kier alpha value is -2.36. The van der Waals surface area contributed by atoms with Crippen molar-refractivity contribution in [3.63, 3.8) is 0 Å². The van der Waals surface area contributed by atoms with Crippen LogP contribution in [-0.2, 0) is 0 Å². The third-order valence-corrected chi connectivity index (χ3v) is 2.85. The predicted octanol–water partition coefficient (Wildman–Crippen LogP) is 3.19. The third kappa shape index (κ3) is 3.57. The SMILES string of the molecule is COc1ccccc1NCCOc1ccccc1OC. The first-order valence-electron chi connectivity index (χ1n) is 6.48. The standard InChI is InChI=1S/C16H19NO3/c1-18-14-8-4-3-7-13(14)17-11-12-20-16-10-6-5-9-15(16)19-2/h3-10,17H,11-12H2,1-2H3. The molecule has 2 aromatic carbocycles. The van der Waals surface area contributed by atoms with E-state index in [4.69, 9.17) is 14.2 Å². The molecule has 0 bridgehead atoms. The van der Waals surface area contributed by atoms with Crippen LogP contribution >= 0.6 is 0 Å². The molecule has 0 fully saturated rings. The number of anilines is 1. The highest BCUT2D eigenvalue weighted by Gasteiger charge is 2.03. The second-order valence-electron chi connectivity index (χ2n) is 4.13. The van der Waals surface area contributed by atoms with Crippen LogP contribution in [0, 0.1) is 0 Å². The van der Waals surface area contributed by atoms with E-state index in [0.29, 0.717) is 13.2 Å². The number of hydrogen-bond acceptors (Lipinski definition) is 4. The van der Waals surface area contributed by atoms with Crippen molar-refractivity contribution in [2.45, 2.75) is 0 Å². The topological polar surface area (TPSA) is 39.7 Å². The van der Waals surface area contributed by atoms with Crippen LogP contribution < -0.4 is 19.5 Å². The first-order chi connectivity index (χ1) is 9.85. The number of methoxy groups -OCH3 is 2. The lowest BCUT2D eigenvalue weighted by atomic mass is 10.3. The zero-order chi connectivity index (χ0) is 14.2. The average molecular weight is 273 g/mol. The summed E-state index contributed by atoms with van der Waals surface area (Å²) < 4.78 is 16.2. The van der Waals surface area contributed by atoms with Crippen LogP contribution in [0.3, 0.4) is 0 Å². The van der Waals surface area contributed by atoms with Gasteiger partial charge in [0.15, 0.2) is 11.5 Å². The Morgan fingerprint density at radius 2 is 1.40 bits per heavy atom. The Morgan fingerprint density at radius 1 is 0.800 bits per heavy atom. The summed E-state index contributed by atoms with van der Waals surface area (Å²) in [5, 5.41) is 3.28. The highest BCUT2D eigenvalue weighted by atomic mass is 16.5. The maximum Gasteiger partial charge on any atom is 0.161 e. The van der Waals surface area contributed by atoms with E-state index in [-0.39, 0.29) is 0 Å². The number of hydrogen-bond donors (Lipinski definition) is 1. The lowest BCUT2D eigenvalue weighted by Gasteiger charge is -2.13. The van der Waals surface area contributed by atoms with Crippen LogP contribution in [0.2, 0.25) is 0 Å². The van der Waals surface area contributed by atoms with Crippen LogP contribution in [0.5, 0.6) is 17.2 Å². The maximum absolute atomic E-state index is 5.69. The fourth-order valence-corrected chi connectivity index (χ4v) is 1.88. The smallest absolute Gasteiger partial charge is 0.161 e. The fraction of sp³-hybridized carbons (Fsp3) is 0.250. The van der Waals surface area contributed by atoms with Crippen molar-refractivity contribution < 1.29 is 14.2 Å². The summed E-state index contributed by atoms with van der Waals surface area (Å²) in [5.74, 6) is 2.31. The molecular weight excluding hydrogens is 254 g/mol. The second-order valence-corrected chi connectivity index (χ2v) is 4.13. The molecule has 0 heterocycles. The van der Waals surface area contributed by atoms with E-state index in [1.807, 2.05) is 48.5 Å². The minimum absolute atomic E-state index is 0.540. The van der Waals surface area contributed by atoms with Gasteiger partial charge in [0, 0.05) is 6.54 Å². The Bertz CT molecular complexity index is 493. The summed E-state index contributed by atoms with van der Waals surface area (Å²) in [6.07, 6.45) is 0. The lowest BCUT2D eigenvalue weighted by molar-refractivity contribution is 0.305. The lowest BCUT2D eigenvalue weighted by Crippen LogP contribution is -2.12. The molecule has 0 saturated heterocycles. The zero-order valence-corrected chi connectivity index (χ0v) is 11.8. The molecule has 20 heavy (non-hydrogen) atoms. The van der Waals surface area contributed by atoms with Crippen molar-refractivity contribution in [3.05, 3.63) is 48.5 Å². The highest BCUT2D eigenvalue weighted by molar-refractivity contribution is 5.56. The van der Waals surface area contributed by atoms with E-state index < -0.39 is 0 Å². The monoisotopic (exact) mass is 273 g/mol. The number of benzene rings is 2. The van der Waals surface area contributed by atoms with Crippen molar-refractivity contribution in [3.8, 4) is 17.2 Å². The van der Waals surface area contributed by atoms with E-state index in [1.165, 1.54) is 0 Å². The van der Waals surface area contributed by atoms with Gasteiger partial charge in [0.1, 0.15) is 12.4 Å². The summed E-state index contributed by atoms with van der Waals surface area (Å²) in [5.41, 5.74) is 0.957. The van der Waals surface area contributed by atoms with Gasteiger partial charge in [0.2, 0.25) is 0 Å². The molecule has 0 atom stereocenters. The van der Waals surface area contributed by atoms with Crippen LogP contribution in [-0.4, -0.2) is 27.4 Å². The second kappa shape index (κ2) is 7.28. The van der Waals surface area contributed by atoms with Gasteiger partial charge in [-0.2, -0.15) is 0 Å². The highest BCUT2D eigenvalue weighted by Crippen LogP contribution is 2.26. The number of ether oxygens (including phenoxy) is 3. The van der Waals surface area contributed by atoms with Crippen LogP contribution in [0.15, 0.2) is 48.5 Å². The molecule has 1 N–H and O–H groups in total. The van der Waals surface area contributed by atoms with Gasteiger partial charge in [-0.05, 0) is 24.3 Å². The van der Waals surface area contributed by atoms with Crippen LogP contribution in [0.1, 0.15) is 0 Å². The molecule has 0 aliphatic carbocycles. The normalized spacial score (nSPS) is 9.90. The van der Waals surface area contributed by atoms with Gasteiger partial charge in [-0.1, -0.05) is 24.3 Å². The molecule has 0 radical (unpaired) electrons. The van der Waals surface area contributed by atoms with Gasteiger partial charge in [-0.25, -0.2) is 0 Å².